The highest BCUT2D eigenvalue weighted by atomic mass is 15.2. The molecule has 1 fully saturated rings. The maximum absolute atomic E-state index is 6.06. The number of rotatable bonds is 3. The van der Waals surface area contributed by atoms with Crippen LogP contribution in [0.15, 0.2) is 30.6 Å². The number of nitrogens with two attached hydrogens (primary N) is 1. The van der Waals surface area contributed by atoms with Gasteiger partial charge in [0, 0.05) is 54.2 Å². The van der Waals surface area contributed by atoms with Crippen LogP contribution in [0.3, 0.4) is 0 Å². The zero-order valence-corrected chi connectivity index (χ0v) is 12.2. The maximum atomic E-state index is 6.06. The van der Waals surface area contributed by atoms with Crippen LogP contribution >= 0.6 is 0 Å². The third-order valence-electron chi connectivity index (χ3n) is 4.40. The number of pyridine rings is 1. The lowest BCUT2D eigenvalue weighted by molar-refractivity contribution is 0.314. The van der Waals surface area contributed by atoms with Gasteiger partial charge < -0.3 is 15.5 Å². The summed E-state index contributed by atoms with van der Waals surface area (Å²) >= 11 is 0. The minimum atomic E-state index is 0.643. The van der Waals surface area contributed by atoms with Crippen LogP contribution in [0, 0.1) is 0 Å². The SMILES string of the molecule is CN(CC1CCCN1C)c1ccc(N)c2ccncc12. The quantitative estimate of drug-likeness (QED) is 0.870. The Morgan fingerprint density at radius 2 is 2.20 bits per heavy atom. The minimum absolute atomic E-state index is 0.643. The summed E-state index contributed by atoms with van der Waals surface area (Å²) in [5.41, 5.74) is 8.08. The van der Waals surface area contributed by atoms with E-state index in [0.29, 0.717) is 6.04 Å². The molecule has 1 aliphatic heterocycles. The summed E-state index contributed by atoms with van der Waals surface area (Å²) in [6.07, 6.45) is 6.30. The van der Waals surface area contributed by atoms with Gasteiger partial charge in [0.15, 0.2) is 0 Å². The van der Waals surface area contributed by atoms with Crippen LogP contribution in [-0.4, -0.2) is 43.1 Å². The second-order valence-electron chi connectivity index (χ2n) is 5.75. The first-order valence-corrected chi connectivity index (χ1v) is 7.20. The van der Waals surface area contributed by atoms with E-state index in [2.05, 4.69) is 34.9 Å². The Labute approximate surface area is 120 Å². The van der Waals surface area contributed by atoms with E-state index in [1.807, 2.05) is 18.3 Å². The van der Waals surface area contributed by atoms with E-state index >= 15 is 0 Å². The van der Waals surface area contributed by atoms with Crippen molar-refractivity contribution in [1.82, 2.24) is 9.88 Å². The van der Waals surface area contributed by atoms with Gasteiger partial charge in [0.05, 0.1) is 0 Å². The van der Waals surface area contributed by atoms with E-state index in [-0.39, 0.29) is 0 Å². The molecule has 0 aliphatic carbocycles. The van der Waals surface area contributed by atoms with Crippen molar-refractivity contribution in [2.45, 2.75) is 18.9 Å². The summed E-state index contributed by atoms with van der Waals surface area (Å²) in [6, 6.07) is 6.73. The zero-order valence-electron chi connectivity index (χ0n) is 12.2. The van der Waals surface area contributed by atoms with Crippen LogP contribution in [-0.2, 0) is 0 Å². The molecule has 0 saturated carbocycles. The Bertz CT molecular complexity index is 610. The Morgan fingerprint density at radius 3 is 2.95 bits per heavy atom. The van der Waals surface area contributed by atoms with Gasteiger partial charge in [0.25, 0.3) is 0 Å². The van der Waals surface area contributed by atoms with Crippen LogP contribution < -0.4 is 10.6 Å². The van der Waals surface area contributed by atoms with E-state index < -0.39 is 0 Å². The van der Waals surface area contributed by atoms with Crippen LogP contribution in [0.25, 0.3) is 10.8 Å². The smallest absolute Gasteiger partial charge is 0.0461 e. The van der Waals surface area contributed by atoms with Crippen molar-refractivity contribution < 1.29 is 0 Å². The Kier molecular flexibility index (Phi) is 3.49. The molecular formula is C16H22N4. The summed E-state index contributed by atoms with van der Waals surface area (Å²) in [6.45, 7) is 2.26. The molecule has 1 unspecified atom stereocenters. The van der Waals surface area contributed by atoms with Gasteiger partial charge in [0.2, 0.25) is 0 Å². The molecule has 20 heavy (non-hydrogen) atoms. The normalized spacial score (nSPS) is 19.6. The lowest BCUT2D eigenvalue weighted by atomic mass is 10.1. The average molecular weight is 270 g/mol. The number of hydrogen-bond donors (Lipinski definition) is 1. The standard InChI is InChI=1S/C16H22N4/c1-19-9-3-4-12(19)11-20(2)16-6-5-15(17)13-7-8-18-10-14(13)16/h5-8,10,12H,3-4,9,11,17H2,1-2H3. The summed E-state index contributed by atoms with van der Waals surface area (Å²) in [4.78, 5) is 9.03. The molecule has 2 aromatic rings. The Balaban J connectivity index is 1.91. The first-order chi connectivity index (χ1) is 9.66. The number of benzene rings is 1. The molecule has 0 radical (unpaired) electrons. The van der Waals surface area contributed by atoms with Crippen molar-refractivity contribution in [3.8, 4) is 0 Å². The van der Waals surface area contributed by atoms with E-state index in [9.17, 15) is 0 Å². The average Bonchev–Trinajstić information content (AvgIpc) is 2.85. The third kappa shape index (κ3) is 2.31. The van der Waals surface area contributed by atoms with Crippen molar-refractivity contribution in [2.24, 2.45) is 0 Å². The van der Waals surface area contributed by atoms with Gasteiger partial charge in [-0.2, -0.15) is 0 Å². The molecule has 0 bridgehead atoms. The molecule has 0 amide bonds. The van der Waals surface area contributed by atoms with Gasteiger partial charge >= 0.3 is 0 Å². The summed E-state index contributed by atoms with van der Waals surface area (Å²) in [7, 11) is 4.37. The summed E-state index contributed by atoms with van der Waals surface area (Å²) in [5, 5.41) is 2.22. The molecule has 1 aliphatic rings. The highest BCUT2D eigenvalue weighted by Gasteiger charge is 2.22. The molecular weight excluding hydrogens is 248 g/mol. The number of fused-ring (bicyclic) bond motifs is 1. The largest absolute Gasteiger partial charge is 0.398 e. The second kappa shape index (κ2) is 5.29. The maximum Gasteiger partial charge on any atom is 0.0461 e. The topological polar surface area (TPSA) is 45.4 Å². The molecule has 2 N–H and O–H groups in total. The molecule has 1 saturated heterocycles. The van der Waals surface area contributed by atoms with Gasteiger partial charge in [-0.25, -0.2) is 0 Å². The lowest BCUT2D eigenvalue weighted by Gasteiger charge is -2.28. The number of nitrogen functional groups attached to an aromatic ring is 1. The van der Waals surface area contributed by atoms with Gasteiger partial charge in [-0.3, -0.25) is 4.98 Å². The van der Waals surface area contributed by atoms with Crippen molar-refractivity contribution in [2.75, 3.05) is 37.8 Å². The molecule has 106 valence electrons. The monoisotopic (exact) mass is 270 g/mol. The van der Waals surface area contributed by atoms with Crippen LogP contribution in [0.1, 0.15) is 12.8 Å². The fourth-order valence-corrected chi connectivity index (χ4v) is 3.16. The number of nitrogens with zero attached hydrogens (tertiary/aromatic N) is 3. The summed E-state index contributed by atoms with van der Waals surface area (Å²) in [5.74, 6) is 0. The number of hydrogen-bond acceptors (Lipinski definition) is 4. The highest BCUT2D eigenvalue weighted by Crippen LogP contribution is 2.30. The van der Waals surface area contributed by atoms with Gasteiger partial charge in [0.1, 0.15) is 0 Å². The van der Waals surface area contributed by atoms with Gasteiger partial charge in [-0.05, 0) is 44.6 Å². The fraction of sp³-hybridized carbons (Fsp3) is 0.438. The molecule has 3 rings (SSSR count). The fourth-order valence-electron chi connectivity index (χ4n) is 3.16. The van der Waals surface area contributed by atoms with E-state index in [1.165, 1.54) is 25.1 Å². The number of aromatic nitrogens is 1. The molecule has 0 spiro atoms. The van der Waals surface area contributed by atoms with Gasteiger partial charge in [-0.15, -0.1) is 0 Å². The van der Waals surface area contributed by atoms with Gasteiger partial charge in [-0.1, -0.05) is 0 Å². The first kappa shape index (κ1) is 13.2. The minimum Gasteiger partial charge on any atom is -0.398 e. The molecule has 1 aromatic carbocycles. The third-order valence-corrected chi connectivity index (χ3v) is 4.40. The van der Waals surface area contributed by atoms with Crippen LogP contribution in [0.2, 0.25) is 0 Å². The first-order valence-electron chi connectivity index (χ1n) is 7.20. The number of anilines is 2. The molecule has 2 heterocycles. The highest BCUT2D eigenvalue weighted by molar-refractivity contribution is 6.00. The predicted octanol–water partition coefficient (Wildman–Crippen LogP) is 2.35. The van der Waals surface area contributed by atoms with Crippen LogP contribution in [0.4, 0.5) is 11.4 Å². The molecule has 1 aromatic heterocycles. The predicted molar refractivity (Wildman–Crippen MR) is 85.1 cm³/mol. The van der Waals surface area contributed by atoms with Crippen molar-refractivity contribution >= 4 is 22.1 Å². The van der Waals surface area contributed by atoms with Crippen molar-refractivity contribution in [3.05, 3.63) is 30.6 Å². The Morgan fingerprint density at radius 1 is 1.35 bits per heavy atom. The summed E-state index contributed by atoms with van der Waals surface area (Å²) < 4.78 is 0. The molecule has 4 heteroatoms. The van der Waals surface area contributed by atoms with E-state index in [0.717, 1.165) is 23.0 Å². The number of likely N-dealkylation sites (N-methyl/N-ethyl adjacent to an activating group) is 2. The second-order valence-corrected chi connectivity index (χ2v) is 5.75. The zero-order chi connectivity index (χ0) is 14.1. The van der Waals surface area contributed by atoms with Crippen molar-refractivity contribution in [1.29, 1.82) is 0 Å². The number of likely N-dealkylation sites (tertiary alicyclic amines) is 1. The lowest BCUT2D eigenvalue weighted by Crippen LogP contribution is -2.36. The molecule has 4 nitrogen and oxygen atoms in total. The molecule has 1 atom stereocenters. The van der Waals surface area contributed by atoms with Crippen molar-refractivity contribution in [3.63, 3.8) is 0 Å². The van der Waals surface area contributed by atoms with E-state index in [4.69, 9.17) is 5.73 Å². The van der Waals surface area contributed by atoms with E-state index in [1.54, 1.807) is 6.20 Å². The Hall–Kier alpha value is -1.81. The van der Waals surface area contributed by atoms with Crippen LogP contribution in [0.5, 0.6) is 0 Å².